The van der Waals surface area contributed by atoms with Crippen LogP contribution >= 0.6 is 11.3 Å². The second-order valence-corrected chi connectivity index (χ2v) is 5.53. The Kier molecular flexibility index (Phi) is 4.87. The van der Waals surface area contributed by atoms with Crippen molar-refractivity contribution in [2.75, 3.05) is 19.8 Å². The molecule has 0 radical (unpaired) electrons. The van der Waals surface area contributed by atoms with Crippen molar-refractivity contribution in [2.45, 2.75) is 32.2 Å². The number of ether oxygens (including phenoxy) is 1. The molecule has 2 heterocycles. The van der Waals surface area contributed by atoms with E-state index in [4.69, 9.17) is 4.74 Å². The second-order valence-electron chi connectivity index (χ2n) is 4.53. The number of carbonyl (C=O) groups is 1. The number of halogens is 2. The van der Waals surface area contributed by atoms with E-state index < -0.39 is 13.0 Å². The first-order valence-corrected chi connectivity index (χ1v) is 7.19. The quantitative estimate of drug-likeness (QED) is 0.780. The number of hydrogen-bond donors (Lipinski definition) is 0. The van der Waals surface area contributed by atoms with Crippen molar-refractivity contribution in [3.63, 3.8) is 0 Å². The van der Waals surface area contributed by atoms with E-state index >= 15 is 0 Å². The Balaban J connectivity index is 1.84. The van der Waals surface area contributed by atoms with Gasteiger partial charge in [0.05, 0.1) is 19.1 Å². The highest BCUT2D eigenvalue weighted by Crippen LogP contribution is 2.32. The van der Waals surface area contributed by atoms with Gasteiger partial charge in [-0.25, -0.2) is 8.78 Å². The molecule has 1 aliphatic rings. The molecule has 6 heteroatoms. The van der Waals surface area contributed by atoms with Crippen LogP contribution in [0.3, 0.4) is 0 Å². The molecule has 1 aromatic heterocycles. The van der Waals surface area contributed by atoms with E-state index in [1.807, 2.05) is 12.3 Å². The van der Waals surface area contributed by atoms with E-state index in [1.165, 1.54) is 10.4 Å². The number of nitrogens with zero attached hydrogens (tertiary/aromatic N) is 1. The van der Waals surface area contributed by atoms with Crippen LogP contribution in [0.25, 0.3) is 0 Å². The molecular weight excluding hydrogens is 272 g/mol. The minimum Gasteiger partial charge on any atom is -0.375 e. The van der Waals surface area contributed by atoms with Gasteiger partial charge in [-0.2, -0.15) is 0 Å². The Labute approximate surface area is 115 Å². The molecule has 3 nitrogen and oxygen atoms in total. The molecule has 0 saturated carbocycles. The summed E-state index contributed by atoms with van der Waals surface area (Å²) in [6.07, 6.45) is -1.44. The monoisotopic (exact) mass is 289 g/mol. The van der Waals surface area contributed by atoms with E-state index in [0.717, 1.165) is 6.42 Å². The van der Waals surface area contributed by atoms with Crippen molar-refractivity contribution in [3.8, 4) is 0 Å². The molecule has 1 atom stereocenters. The predicted octanol–water partition coefficient (Wildman–Crippen LogP) is 2.87. The van der Waals surface area contributed by atoms with Crippen molar-refractivity contribution in [3.05, 3.63) is 21.9 Å². The molecule has 0 aliphatic carbocycles. The van der Waals surface area contributed by atoms with E-state index in [9.17, 15) is 13.6 Å². The molecule has 0 bridgehead atoms. The van der Waals surface area contributed by atoms with Gasteiger partial charge < -0.3 is 9.64 Å². The molecule has 1 unspecified atom stereocenters. The van der Waals surface area contributed by atoms with Gasteiger partial charge in [0, 0.05) is 11.4 Å². The number of rotatable bonds is 5. The maximum atomic E-state index is 12.0. The lowest BCUT2D eigenvalue weighted by Crippen LogP contribution is -2.38. The molecular formula is C13H17F2NO2S. The average molecular weight is 289 g/mol. The van der Waals surface area contributed by atoms with Crippen molar-refractivity contribution in [1.82, 2.24) is 4.90 Å². The number of amides is 1. The lowest BCUT2D eigenvalue weighted by atomic mass is 10.0. The lowest BCUT2D eigenvalue weighted by molar-refractivity contribution is -0.135. The number of carbonyl (C=O) groups excluding carboxylic acids is 1. The Bertz CT molecular complexity index is 436. The molecule has 0 N–H and O–H groups in total. The highest BCUT2D eigenvalue weighted by atomic mass is 32.1. The third-order valence-corrected chi connectivity index (χ3v) is 4.30. The van der Waals surface area contributed by atoms with Gasteiger partial charge in [-0.3, -0.25) is 4.79 Å². The first-order valence-electron chi connectivity index (χ1n) is 6.31. The van der Waals surface area contributed by atoms with Gasteiger partial charge in [0.25, 0.3) is 6.43 Å². The first-order chi connectivity index (χ1) is 9.09. The molecule has 0 aromatic carbocycles. The summed E-state index contributed by atoms with van der Waals surface area (Å²) in [6.45, 7) is 2.16. The van der Waals surface area contributed by atoms with Crippen molar-refractivity contribution in [1.29, 1.82) is 0 Å². The van der Waals surface area contributed by atoms with Crippen molar-refractivity contribution >= 4 is 17.2 Å². The Morgan fingerprint density at radius 3 is 3.16 bits per heavy atom. The summed E-state index contributed by atoms with van der Waals surface area (Å²) < 4.78 is 28.5. The predicted molar refractivity (Wildman–Crippen MR) is 69.6 cm³/mol. The molecule has 106 valence electrons. The smallest absolute Gasteiger partial charge is 0.261 e. The SMILES string of the molecule is CC1c2ccsc2CCN1C(=O)CCOCC(F)F. The zero-order valence-corrected chi connectivity index (χ0v) is 11.6. The van der Waals surface area contributed by atoms with Crippen molar-refractivity contribution in [2.24, 2.45) is 0 Å². The minimum atomic E-state index is -2.47. The summed E-state index contributed by atoms with van der Waals surface area (Å²) in [4.78, 5) is 15.2. The Morgan fingerprint density at radius 1 is 1.63 bits per heavy atom. The molecule has 1 aliphatic heterocycles. The van der Waals surface area contributed by atoms with Crippen LogP contribution in [-0.2, 0) is 16.0 Å². The van der Waals surface area contributed by atoms with Crippen LogP contribution in [0, 0.1) is 0 Å². The van der Waals surface area contributed by atoms with Crippen LogP contribution in [0.15, 0.2) is 11.4 Å². The maximum Gasteiger partial charge on any atom is 0.261 e. The van der Waals surface area contributed by atoms with Crippen LogP contribution in [0.4, 0.5) is 8.78 Å². The summed E-state index contributed by atoms with van der Waals surface area (Å²) in [7, 11) is 0. The number of thiophene rings is 1. The maximum absolute atomic E-state index is 12.0. The fourth-order valence-electron chi connectivity index (χ4n) is 2.33. The highest BCUT2D eigenvalue weighted by molar-refractivity contribution is 7.10. The van der Waals surface area contributed by atoms with Crippen LogP contribution in [-0.4, -0.2) is 37.0 Å². The summed E-state index contributed by atoms with van der Waals surface area (Å²) in [6, 6.07) is 2.12. The topological polar surface area (TPSA) is 29.5 Å². The van der Waals surface area contributed by atoms with Gasteiger partial charge >= 0.3 is 0 Å². The Hall–Kier alpha value is -1.01. The third kappa shape index (κ3) is 3.51. The van der Waals surface area contributed by atoms with Crippen molar-refractivity contribution < 1.29 is 18.3 Å². The van der Waals surface area contributed by atoms with Gasteiger partial charge in [-0.15, -0.1) is 11.3 Å². The second kappa shape index (κ2) is 6.43. The van der Waals surface area contributed by atoms with Crippen LogP contribution in [0.5, 0.6) is 0 Å². The van der Waals surface area contributed by atoms with Gasteiger partial charge in [-0.1, -0.05) is 0 Å². The number of alkyl halides is 2. The van der Waals surface area contributed by atoms with E-state index in [2.05, 4.69) is 6.07 Å². The molecule has 19 heavy (non-hydrogen) atoms. The number of fused-ring (bicyclic) bond motifs is 1. The first kappa shape index (κ1) is 14.4. The molecule has 0 saturated heterocycles. The summed E-state index contributed by atoms with van der Waals surface area (Å²) in [5, 5.41) is 2.04. The molecule has 0 fully saturated rings. The minimum absolute atomic E-state index is 0.0291. The summed E-state index contributed by atoms with van der Waals surface area (Å²) in [5.74, 6) is -0.0291. The normalized spacial score (nSPS) is 18.7. The van der Waals surface area contributed by atoms with E-state index in [1.54, 1.807) is 16.2 Å². The van der Waals surface area contributed by atoms with E-state index in [0.29, 0.717) is 6.54 Å². The van der Waals surface area contributed by atoms with Gasteiger partial charge in [0.1, 0.15) is 6.61 Å². The summed E-state index contributed by atoms with van der Waals surface area (Å²) in [5.41, 5.74) is 1.21. The van der Waals surface area contributed by atoms with Gasteiger partial charge in [-0.05, 0) is 30.4 Å². The fourth-order valence-corrected chi connectivity index (χ4v) is 3.29. The lowest BCUT2D eigenvalue weighted by Gasteiger charge is -2.33. The van der Waals surface area contributed by atoms with E-state index in [-0.39, 0.29) is 25.0 Å². The van der Waals surface area contributed by atoms with Crippen LogP contribution < -0.4 is 0 Å². The zero-order chi connectivity index (χ0) is 13.8. The zero-order valence-electron chi connectivity index (χ0n) is 10.8. The van der Waals surface area contributed by atoms with Crippen LogP contribution in [0.1, 0.15) is 29.8 Å². The Morgan fingerprint density at radius 2 is 2.42 bits per heavy atom. The van der Waals surface area contributed by atoms with Gasteiger partial charge in [0.15, 0.2) is 0 Å². The number of hydrogen-bond acceptors (Lipinski definition) is 3. The standard InChI is InChI=1S/C13H17F2NO2S/c1-9-10-4-7-19-11(10)2-5-16(9)13(17)3-6-18-8-12(14)15/h4,7,9,12H,2-3,5-6,8H2,1H3. The largest absolute Gasteiger partial charge is 0.375 e. The average Bonchev–Trinajstić information content (AvgIpc) is 2.83. The molecule has 1 amide bonds. The third-order valence-electron chi connectivity index (χ3n) is 3.30. The van der Waals surface area contributed by atoms with Crippen LogP contribution in [0.2, 0.25) is 0 Å². The molecule has 2 rings (SSSR count). The summed E-state index contributed by atoms with van der Waals surface area (Å²) >= 11 is 1.72. The fraction of sp³-hybridized carbons (Fsp3) is 0.615. The highest BCUT2D eigenvalue weighted by Gasteiger charge is 2.27. The van der Waals surface area contributed by atoms with Gasteiger partial charge in [0.2, 0.25) is 5.91 Å². The molecule has 1 aromatic rings. The molecule has 0 spiro atoms.